The summed E-state index contributed by atoms with van der Waals surface area (Å²) in [5.74, 6) is 0.542. The number of benzene rings is 1. The summed E-state index contributed by atoms with van der Waals surface area (Å²) in [7, 11) is 0. The summed E-state index contributed by atoms with van der Waals surface area (Å²) < 4.78 is 10.5. The van der Waals surface area contributed by atoms with Crippen molar-refractivity contribution in [2.24, 2.45) is 0 Å². The Labute approximate surface area is 127 Å². The van der Waals surface area contributed by atoms with Crippen LogP contribution in [0.5, 0.6) is 5.75 Å². The molecule has 0 spiro atoms. The van der Waals surface area contributed by atoms with Crippen LogP contribution in [-0.2, 0) is 22.4 Å². The van der Waals surface area contributed by atoms with Gasteiger partial charge in [0.05, 0.1) is 30.3 Å². The molecule has 2 aromatic rings. The minimum absolute atomic E-state index is 0.225. The van der Waals surface area contributed by atoms with Crippen molar-refractivity contribution in [1.29, 1.82) is 0 Å². The van der Waals surface area contributed by atoms with Crippen molar-refractivity contribution in [2.45, 2.75) is 19.8 Å². The smallest absolute Gasteiger partial charge is 0.311 e. The van der Waals surface area contributed by atoms with E-state index in [2.05, 4.69) is 4.98 Å². The highest BCUT2D eigenvalue weighted by Crippen LogP contribution is 2.15. The van der Waals surface area contributed by atoms with Crippen molar-refractivity contribution in [2.75, 3.05) is 18.9 Å². The molecule has 0 bridgehead atoms. The van der Waals surface area contributed by atoms with Crippen molar-refractivity contribution in [3.8, 4) is 5.75 Å². The Morgan fingerprint density at radius 3 is 2.81 bits per heavy atom. The monoisotopic (exact) mass is 306 g/mol. The van der Waals surface area contributed by atoms with Gasteiger partial charge in [-0.1, -0.05) is 0 Å². The quantitative estimate of drug-likeness (QED) is 0.628. The summed E-state index contributed by atoms with van der Waals surface area (Å²) in [5.41, 5.74) is 7.07. The molecule has 112 valence electrons. The van der Waals surface area contributed by atoms with Gasteiger partial charge in [-0.25, -0.2) is 4.98 Å². The maximum Gasteiger partial charge on any atom is 0.311 e. The van der Waals surface area contributed by atoms with E-state index in [0.717, 1.165) is 16.5 Å². The van der Waals surface area contributed by atoms with Crippen LogP contribution < -0.4 is 10.5 Å². The fourth-order valence-corrected chi connectivity index (χ4v) is 2.50. The van der Waals surface area contributed by atoms with E-state index in [-0.39, 0.29) is 12.4 Å². The standard InChI is InChI=1S/C15H18N2O3S/c1-2-19-15(18)9-12-10-21-14(17-12)7-8-20-13-5-3-11(16)4-6-13/h3-6,10H,2,7-9,16H2,1H3. The minimum Gasteiger partial charge on any atom is -0.493 e. The second-order valence-electron chi connectivity index (χ2n) is 4.38. The maximum absolute atomic E-state index is 11.4. The molecule has 0 fully saturated rings. The topological polar surface area (TPSA) is 74.4 Å². The Bertz CT molecular complexity index is 581. The number of aromatic nitrogens is 1. The average molecular weight is 306 g/mol. The molecule has 0 aliphatic heterocycles. The highest BCUT2D eigenvalue weighted by atomic mass is 32.1. The normalized spacial score (nSPS) is 10.3. The van der Waals surface area contributed by atoms with Gasteiger partial charge in [-0.05, 0) is 31.2 Å². The number of nitrogens with two attached hydrogens (primary N) is 1. The number of ether oxygens (including phenoxy) is 2. The van der Waals surface area contributed by atoms with E-state index >= 15 is 0 Å². The van der Waals surface area contributed by atoms with Crippen LogP contribution in [-0.4, -0.2) is 24.2 Å². The molecule has 2 rings (SSSR count). The minimum atomic E-state index is -0.243. The first-order chi connectivity index (χ1) is 10.2. The number of carbonyl (C=O) groups excluding carboxylic acids is 1. The number of hydrogen-bond donors (Lipinski definition) is 1. The number of rotatable bonds is 7. The molecule has 2 N–H and O–H groups in total. The van der Waals surface area contributed by atoms with Gasteiger partial charge in [0.1, 0.15) is 5.75 Å². The zero-order valence-corrected chi connectivity index (χ0v) is 12.7. The van der Waals surface area contributed by atoms with Crippen molar-refractivity contribution in [3.63, 3.8) is 0 Å². The zero-order valence-electron chi connectivity index (χ0n) is 11.9. The Hall–Kier alpha value is -2.08. The van der Waals surface area contributed by atoms with E-state index in [4.69, 9.17) is 15.2 Å². The molecule has 0 unspecified atom stereocenters. The van der Waals surface area contributed by atoms with Gasteiger partial charge in [-0.15, -0.1) is 11.3 Å². The van der Waals surface area contributed by atoms with E-state index in [1.54, 1.807) is 19.1 Å². The number of nitrogen functional groups attached to an aromatic ring is 1. The molecule has 0 atom stereocenters. The second-order valence-corrected chi connectivity index (χ2v) is 5.32. The van der Waals surface area contributed by atoms with Crippen LogP contribution >= 0.6 is 11.3 Å². The molecule has 1 heterocycles. The van der Waals surface area contributed by atoms with Crippen LogP contribution in [0, 0.1) is 0 Å². The molecule has 0 saturated heterocycles. The lowest BCUT2D eigenvalue weighted by Gasteiger charge is -2.04. The van der Waals surface area contributed by atoms with Gasteiger partial charge < -0.3 is 15.2 Å². The van der Waals surface area contributed by atoms with Gasteiger partial charge in [0.15, 0.2) is 0 Å². The van der Waals surface area contributed by atoms with E-state index in [0.29, 0.717) is 25.3 Å². The highest BCUT2D eigenvalue weighted by molar-refractivity contribution is 7.09. The molecular formula is C15H18N2O3S. The summed E-state index contributed by atoms with van der Waals surface area (Å²) in [4.78, 5) is 15.8. The predicted octanol–water partition coefficient (Wildman–Crippen LogP) is 2.45. The van der Waals surface area contributed by atoms with Crippen molar-refractivity contribution in [1.82, 2.24) is 4.98 Å². The molecular weight excluding hydrogens is 288 g/mol. The molecule has 1 aromatic carbocycles. The number of thiazole rings is 1. The molecule has 21 heavy (non-hydrogen) atoms. The lowest BCUT2D eigenvalue weighted by molar-refractivity contribution is -0.142. The Balaban J connectivity index is 1.77. The summed E-state index contributed by atoms with van der Waals surface area (Å²) in [6.07, 6.45) is 0.932. The number of esters is 1. The number of hydrogen-bond acceptors (Lipinski definition) is 6. The first-order valence-corrected chi connectivity index (χ1v) is 7.62. The van der Waals surface area contributed by atoms with E-state index < -0.39 is 0 Å². The van der Waals surface area contributed by atoms with Crippen LogP contribution in [0.1, 0.15) is 17.6 Å². The molecule has 5 nitrogen and oxygen atoms in total. The van der Waals surface area contributed by atoms with Gasteiger partial charge in [-0.3, -0.25) is 4.79 Å². The van der Waals surface area contributed by atoms with Crippen LogP contribution in [0.3, 0.4) is 0 Å². The summed E-state index contributed by atoms with van der Waals surface area (Å²) in [6, 6.07) is 7.28. The lowest BCUT2D eigenvalue weighted by atomic mass is 10.3. The lowest BCUT2D eigenvalue weighted by Crippen LogP contribution is -2.08. The third kappa shape index (κ3) is 5.07. The molecule has 0 radical (unpaired) electrons. The first-order valence-electron chi connectivity index (χ1n) is 6.74. The molecule has 0 amide bonds. The summed E-state index contributed by atoms with van der Waals surface area (Å²) >= 11 is 1.53. The third-order valence-corrected chi connectivity index (χ3v) is 3.65. The van der Waals surface area contributed by atoms with Gasteiger partial charge in [0.25, 0.3) is 0 Å². The molecule has 0 saturated carbocycles. The van der Waals surface area contributed by atoms with Crippen molar-refractivity contribution in [3.05, 3.63) is 40.3 Å². The predicted molar refractivity (Wildman–Crippen MR) is 82.5 cm³/mol. The first kappa shape index (κ1) is 15.3. The maximum atomic E-state index is 11.4. The van der Waals surface area contributed by atoms with Crippen LogP contribution in [0.2, 0.25) is 0 Å². The fourth-order valence-electron chi connectivity index (χ4n) is 1.73. The number of nitrogens with zero attached hydrogens (tertiary/aromatic N) is 1. The Morgan fingerprint density at radius 2 is 2.10 bits per heavy atom. The van der Waals surface area contributed by atoms with Gasteiger partial charge in [-0.2, -0.15) is 0 Å². The Kier molecular flexibility index (Phi) is 5.57. The molecule has 0 aliphatic rings. The fraction of sp³-hybridized carbons (Fsp3) is 0.333. The van der Waals surface area contributed by atoms with Gasteiger partial charge in [0, 0.05) is 17.5 Å². The summed E-state index contributed by atoms with van der Waals surface area (Å²) in [5, 5.41) is 2.83. The van der Waals surface area contributed by atoms with E-state index in [1.165, 1.54) is 11.3 Å². The largest absolute Gasteiger partial charge is 0.493 e. The average Bonchev–Trinajstić information content (AvgIpc) is 2.89. The van der Waals surface area contributed by atoms with Crippen molar-refractivity contribution < 1.29 is 14.3 Å². The SMILES string of the molecule is CCOC(=O)Cc1csc(CCOc2ccc(N)cc2)n1. The van der Waals surface area contributed by atoms with Crippen LogP contribution in [0.15, 0.2) is 29.6 Å². The number of anilines is 1. The highest BCUT2D eigenvalue weighted by Gasteiger charge is 2.08. The molecule has 6 heteroatoms. The van der Waals surface area contributed by atoms with Crippen LogP contribution in [0.25, 0.3) is 0 Å². The van der Waals surface area contributed by atoms with E-state index in [1.807, 2.05) is 17.5 Å². The van der Waals surface area contributed by atoms with E-state index in [9.17, 15) is 4.79 Å². The Morgan fingerprint density at radius 1 is 1.33 bits per heavy atom. The van der Waals surface area contributed by atoms with Gasteiger partial charge in [0.2, 0.25) is 0 Å². The van der Waals surface area contributed by atoms with Gasteiger partial charge >= 0.3 is 5.97 Å². The second kappa shape index (κ2) is 7.64. The number of carbonyl (C=O) groups is 1. The molecule has 0 aliphatic carbocycles. The third-order valence-electron chi connectivity index (χ3n) is 2.69. The molecule has 1 aromatic heterocycles. The van der Waals surface area contributed by atoms with Crippen molar-refractivity contribution >= 4 is 23.0 Å². The summed E-state index contributed by atoms with van der Waals surface area (Å²) in [6.45, 7) is 2.72. The van der Waals surface area contributed by atoms with Crippen LogP contribution in [0.4, 0.5) is 5.69 Å². The zero-order chi connectivity index (χ0) is 15.1.